The molecule has 0 fully saturated rings. The largest absolute Gasteiger partial charge is 0.435 e. The number of halogens is 4. The summed E-state index contributed by atoms with van der Waals surface area (Å²) in [5.74, 6) is -0.429. The van der Waals surface area contributed by atoms with E-state index in [1.54, 1.807) is 6.08 Å². The van der Waals surface area contributed by atoms with Crippen molar-refractivity contribution in [2.75, 3.05) is 6.54 Å². The first-order valence-electron chi connectivity index (χ1n) is 7.14. The molecule has 7 heteroatoms. The highest BCUT2D eigenvalue weighted by Crippen LogP contribution is 2.39. The summed E-state index contributed by atoms with van der Waals surface area (Å²) in [6, 6.07) is 11.2. The van der Waals surface area contributed by atoms with Gasteiger partial charge >= 0.3 is 6.61 Å². The molecule has 3 nitrogen and oxygen atoms in total. The lowest BCUT2D eigenvalue weighted by Crippen LogP contribution is -2.32. The Kier molecular flexibility index (Phi) is 4.45. The maximum Gasteiger partial charge on any atom is 0.387 e. The quantitative estimate of drug-likeness (QED) is 0.821. The lowest BCUT2D eigenvalue weighted by Gasteiger charge is -2.28. The first kappa shape index (κ1) is 16.7. The zero-order valence-electron chi connectivity index (χ0n) is 12.4. The molecule has 0 saturated heterocycles. The van der Waals surface area contributed by atoms with Crippen LogP contribution in [0.4, 0.5) is 13.2 Å². The Hall–Kier alpha value is -2.15. The molecule has 3 rings (SSSR count). The fourth-order valence-electron chi connectivity index (χ4n) is 2.92. The van der Waals surface area contributed by atoms with Crippen LogP contribution in [0, 0.1) is 5.82 Å². The predicted molar refractivity (Wildman–Crippen MR) is 88.2 cm³/mol. The van der Waals surface area contributed by atoms with Gasteiger partial charge in [0.05, 0.1) is 11.2 Å². The molecule has 0 bridgehead atoms. The number of alkyl halides is 2. The topological polar surface area (TPSA) is 47.3 Å². The van der Waals surface area contributed by atoms with Crippen molar-refractivity contribution in [2.24, 2.45) is 5.73 Å². The molecule has 0 aromatic heterocycles. The summed E-state index contributed by atoms with van der Waals surface area (Å²) < 4.78 is 44.4. The van der Waals surface area contributed by atoms with E-state index in [1.807, 2.05) is 24.3 Å². The van der Waals surface area contributed by atoms with Crippen molar-refractivity contribution in [3.63, 3.8) is 0 Å². The Labute approximate surface area is 145 Å². The van der Waals surface area contributed by atoms with Crippen molar-refractivity contribution in [3.8, 4) is 5.75 Å². The summed E-state index contributed by atoms with van der Waals surface area (Å²) in [4.78, 5) is 0. The molecule has 1 atom stereocenters. The Balaban J connectivity index is 2.11. The molecule has 3 N–H and O–H groups in total. The van der Waals surface area contributed by atoms with E-state index in [-0.39, 0.29) is 5.75 Å². The van der Waals surface area contributed by atoms with Crippen LogP contribution in [0.25, 0.3) is 0 Å². The summed E-state index contributed by atoms with van der Waals surface area (Å²) >= 11 is 3.41. The zero-order valence-corrected chi connectivity index (χ0v) is 14.0. The molecule has 0 spiro atoms. The molecule has 1 aliphatic rings. The Morgan fingerprint density at radius 2 is 2.00 bits per heavy atom. The van der Waals surface area contributed by atoms with Gasteiger partial charge in [-0.2, -0.15) is 8.78 Å². The van der Waals surface area contributed by atoms with Crippen LogP contribution in [-0.4, -0.2) is 13.2 Å². The predicted octanol–water partition coefficient (Wildman–Crippen LogP) is 3.88. The third kappa shape index (κ3) is 3.08. The van der Waals surface area contributed by atoms with E-state index in [4.69, 9.17) is 5.73 Å². The van der Waals surface area contributed by atoms with Gasteiger partial charge in [-0.3, -0.25) is 0 Å². The molecule has 0 saturated carbocycles. The summed E-state index contributed by atoms with van der Waals surface area (Å²) in [7, 11) is 0. The van der Waals surface area contributed by atoms with Gasteiger partial charge in [-0.05, 0) is 29.8 Å². The van der Waals surface area contributed by atoms with Crippen molar-refractivity contribution in [1.82, 2.24) is 5.32 Å². The van der Waals surface area contributed by atoms with Crippen LogP contribution in [0.5, 0.6) is 5.75 Å². The smallest absolute Gasteiger partial charge is 0.387 e. The second-order valence-corrected chi connectivity index (χ2v) is 6.37. The van der Waals surface area contributed by atoms with Crippen molar-refractivity contribution in [1.29, 1.82) is 0 Å². The minimum atomic E-state index is -3.00. The highest BCUT2D eigenvalue weighted by Gasteiger charge is 2.38. The number of ether oxygens (including phenoxy) is 1. The SMILES string of the molecule is NC1=CC(c2cccc(Br)c2)(c2ccc(OC(F)F)cc2F)CN1. The molecule has 0 amide bonds. The van der Waals surface area contributed by atoms with Gasteiger partial charge in [0.1, 0.15) is 11.6 Å². The van der Waals surface area contributed by atoms with E-state index in [9.17, 15) is 13.2 Å². The molecular weight excluding hydrogens is 385 g/mol. The van der Waals surface area contributed by atoms with Crippen LogP contribution in [0.2, 0.25) is 0 Å². The normalized spacial score (nSPS) is 20.0. The molecule has 2 aromatic rings. The first-order valence-corrected chi connectivity index (χ1v) is 7.93. The Morgan fingerprint density at radius 1 is 1.21 bits per heavy atom. The molecule has 2 aromatic carbocycles. The van der Waals surface area contributed by atoms with Crippen LogP contribution in [0.15, 0.2) is 58.8 Å². The molecule has 126 valence electrons. The minimum Gasteiger partial charge on any atom is -0.435 e. The van der Waals surface area contributed by atoms with E-state index in [0.717, 1.165) is 16.1 Å². The van der Waals surface area contributed by atoms with Crippen LogP contribution in [-0.2, 0) is 5.41 Å². The zero-order chi connectivity index (χ0) is 17.3. The second kappa shape index (κ2) is 6.39. The Morgan fingerprint density at radius 3 is 2.58 bits per heavy atom. The van der Waals surface area contributed by atoms with Gasteiger partial charge < -0.3 is 15.8 Å². The molecule has 1 unspecified atom stereocenters. The number of nitrogens with one attached hydrogen (secondary N) is 1. The van der Waals surface area contributed by atoms with E-state index in [0.29, 0.717) is 17.9 Å². The third-order valence-electron chi connectivity index (χ3n) is 3.96. The van der Waals surface area contributed by atoms with E-state index >= 15 is 0 Å². The lowest BCUT2D eigenvalue weighted by atomic mass is 9.75. The monoisotopic (exact) mass is 398 g/mol. The highest BCUT2D eigenvalue weighted by molar-refractivity contribution is 9.10. The van der Waals surface area contributed by atoms with E-state index < -0.39 is 17.8 Å². The minimum absolute atomic E-state index is 0.224. The Bertz CT molecular complexity index is 797. The van der Waals surface area contributed by atoms with Crippen molar-refractivity contribution in [2.45, 2.75) is 12.0 Å². The molecular formula is C17H14BrF3N2O. The number of benzene rings is 2. The second-order valence-electron chi connectivity index (χ2n) is 5.46. The molecule has 1 aliphatic heterocycles. The fourth-order valence-corrected chi connectivity index (χ4v) is 3.32. The standard InChI is InChI=1S/C17H14BrF3N2O/c18-11-3-1-2-10(6-11)17(8-15(22)23-9-17)13-5-4-12(7-14(13)19)24-16(20)21/h1-8,16,23H,9,22H2. The van der Waals surface area contributed by atoms with Gasteiger partial charge in [0, 0.05) is 22.6 Å². The average Bonchev–Trinajstić information content (AvgIpc) is 2.90. The molecule has 0 aliphatic carbocycles. The van der Waals surface area contributed by atoms with Crippen molar-refractivity contribution >= 4 is 15.9 Å². The van der Waals surface area contributed by atoms with Gasteiger partial charge in [-0.15, -0.1) is 0 Å². The maximum atomic E-state index is 14.7. The van der Waals surface area contributed by atoms with Gasteiger partial charge in [0.25, 0.3) is 0 Å². The summed E-state index contributed by atoms with van der Waals surface area (Å²) in [6.07, 6.45) is 1.74. The molecule has 24 heavy (non-hydrogen) atoms. The first-order chi connectivity index (χ1) is 11.4. The van der Waals surface area contributed by atoms with Gasteiger partial charge in [0.2, 0.25) is 0 Å². The van der Waals surface area contributed by atoms with Crippen LogP contribution >= 0.6 is 15.9 Å². The number of nitrogens with two attached hydrogens (primary N) is 1. The van der Waals surface area contributed by atoms with Gasteiger partial charge in [-0.1, -0.05) is 34.1 Å². The number of hydrogen-bond donors (Lipinski definition) is 2. The van der Waals surface area contributed by atoms with E-state index in [1.165, 1.54) is 12.1 Å². The lowest BCUT2D eigenvalue weighted by molar-refractivity contribution is -0.0500. The van der Waals surface area contributed by atoms with Crippen LogP contribution in [0.3, 0.4) is 0 Å². The molecule has 0 radical (unpaired) electrons. The van der Waals surface area contributed by atoms with Crippen LogP contribution < -0.4 is 15.8 Å². The van der Waals surface area contributed by atoms with Gasteiger partial charge in [0.15, 0.2) is 0 Å². The van der Waals surface area contributed by atoms with Crippen molar-refractivity contribution < 1.29 is 17.9 Å². The van der Waals surface area contributed by atoms with Crippen LogP contribution in [0.1, 0.15) is 11.1 Å². The summed E-state index contributed by atoms with van der Waals surface area (Å²) in [6.45, 7) is -2.64. The van der Waals surface area contributed by atoms with Gasteiger partial charge in [-0.25, -0.2) is 4.39 Å². The maximum absolute atomic E-state index is 14.7. The number of hydrogen-bond acceptors (Lipinski definition) is 3. The summed E-state index contributed by atoms with van der Waals surface area (Å²) in [5.41, 5.74) is 6.18. The fraction of sp³-hybridized carbons (Fsp3) is 0.176. The van der Waals surface area contributed by atoms with Crippen molar-refractivity contribution in [3.05, 3.63) is 75.8 Å². The highest BCUT2D eigenvalue weighted by atomic mass is 79.9. The third-order valence-corrected chi connectivity index (χ3v) is 4.45. The number of rotatable bonds is 4. The average molecular weight is 399 g/mol. The van der Waals surface area contributed by atoms with E-state index in [2.05, 4.69) is 26.0 Å². The molecule has 1 heterocycles. The summed E-state index contributed by atoms with van der Waals surface area (Å²) in [5, 5.41) is 3.01.